The molecule has 0 aliphatic carbocycles. The van der Waals surface area contributed by atoms with Crippen LogP contribution in [0.15, 0.2) is 212 Å². The standard InChI is InChI=1S/C51H35N3/c1-6-16-37(17-7-1)47(38-18-8-2-9-19-38)48(39-20-10-3-11-21-39)40-28-26-36(27-29-40)43-30-31-45-35-46(33-32-44(45)34-43)51-53-49(41-22-12-4-13-23-41)52-50(54-51)42-24-14-5-15-25-42/h1-35H. The third kappa shape index (κ3) is 6.74. The fourth-order valence-electron chi connectivity index (χ4n) is 7.06. The van der Waals surface area contributed by atoms with Crippen molar-refractivity contribution in [3.8, 4) is 45.3 Å². The van der Waals surface area contributed by atoms with Gasteiger partial charge in [0.25, 0.3) is 0 Å². The normalized spacial score (nSPS) is 11.0. The maximum absolute atomic E-state index is 4.94. The van der Waals surface area contributed by atoms with E-state index < -0.39 is 0 Å². The molecule has 0 atom stereocenters. The van der Waals surface area contributed by atoms with Crippen molar-refractivity contribution in [2.24, 2.45) is 0 Å². The lowest BCUT2D eigenvalue weighted by atomic mass is 9.85. The molecular weight excluding hydrogens is 655 g/mol. The van der Waals surface area contributed by atoms with Gasteiger partial charge in [0.1, 0.15) is 0 Å². The molecule has 54 heavy (non-hydrogen) atoms. The number of nitrogens with zero attached hydrogens (tertiary/aromatic N) is 3. The summed E-state index contributed by atoms with van der Waals surface area (Å²) in [6.45, 7) is 0. The summed E-state index contributed by atoms with van der Waals surface area (Å²) in [6, 6.07) is 74.4. The van der Waals surface area contributed by atoms with Gasteiger partial charge in [0.15, 0.2) is 17.5 Å². The number of hydrogen-bond donors (Lipinski definition) is 0. The summed E-state index contributed by atoms with van der Waals surface area (Å²) in [5.74, 6) is 1.96. The molecule has 254 valence electrons. The first kappa shape index (κ1) is 32.7. The lowest BCUT2D eigenvalue weighted by Crippen LogP contribution is -2.00. The third-order valence-electron chi connectivity index (χ3n) is 9.74. The maximum atomic E-state index is 4.94. The van der Waals surface area contributed by atoms with Gasteiger partial charge >= 0.3 is 0 Å². The number of aromatic nitrogens is 3. The maximum Gasteiger partial charge on any atom is 0.164 e. The second-order valence-corrected chi connectivity index (χ2v) is 13.2. The highest BCUT2D eigenvalue weighted by atomic mass is 15.0. The summed E-state index contributed by atoms with van der Waals surface area (Å²) >= 11 is 0. The Balaban J connectivity index is 1.09. The van der Waals surface area contributed by atoms with Crippen LogP contribution in [0, 0.1) is 0 Å². The molecule has 1 heterocycles. The van der Waals surface area contributed by atoms with Gasteiger partial charge in [-0.2, -0.15) is 0 Å². The topological polar surface area (TPSA) is 38.7 Å². The van der Waals surface area contributed by atoms with Crippen LogP contribution in [0.25, 0.3) is 67.2 Å². The van der Waals surface area contributed by atoms with Crippen molar-refractivity contribution in [3.05, 3.63) is 235 Å². The molecule has 0 aliphatic rings. The summed E-state index contributed by atoms with van der Waals surface area (Å²) in [4.78, 5) is 14.7. The molecule has 0 aliphatic heterocycles. The molecule has 9 aromatic rings. The van der Waals surface area contributed by atoms with Crippen molar-refractivity contribution in [2.75, 3.05) is 0 Å². The Kier molecular flexibility index (Phi) is 8.94. The zero-order valence-corrected chi connectivity index (χ0v) is 29.5. The van der Waals surface area contributed by atoms with Crippen LogP contribution in [0.5, 0.6) is 0 Å². The van der Waals surface area contributed by atoms with Gasteiger partial charge in [-0.3, -0.25) is 0 Å². The Hall–Kier alpha value is -7.23. The largest absolute Gasteiger partial charge is 0.208 e. The third-order valence-corrected chi connectivity index (χ3v) is 9.74. The fourth-order valence-corrected chi connectivity index (χ4v) is 7.06. The van der Waals surface area contributed by atoms with Gasteiger partial charge in [-0.1, -0.05) is 200 Å². The Morgan fingerprint density at radius 1 is 0.241 bits per heavy atom. The fraction of sp³-hybridized carbons (Fsp3) is 0. The van der Waals surface area contributed by atoms with Gasteiger partial charge in [0.2, 0.25) is 0 Å². The predicted molar refractivity (Wildman–Crippen MR) is 223 cm³/mol. The summed E-state index contributed by atoms with van der Waals surface area (Å²) in [6.07, 6.45) is 0. The van der Waals surface area contributed by atoms with Crippen molar-refractivity contribution in [1.82, 2.24) is 15.0 Å². The van der Waals surface area contributed by atoms with Gasteiger partial charge in [-0.05, 0) is 67.4 Å². The summed E-state index contributed by atoms with van der Waals surface area (Å²) in [5, 5.41) is 2.28. The minimum Gasteiger partial charge on any atom is -0.208 e. The van der Waals surface area contributed by atoms with E-state index in [0.717, 1.165) is 38.6 Å². The average molecular weight is 690 g/mol. The van der Waals surface area contributed by atoms with Gasteiger partial charge in [-0.25, -0.2) is 15.0 Å². The van der Waals surface area contributed by atoms with Gasteiger partial charge < -0.3 is 0 Å². The van der Waals surface area contributed by atoms with E-state index >= 15 is 0 Å². The van der Waals surface area contributed by atoms with Crippen LogP contribution in [0.3, 0.4) is 0 Å². The number of benzene rings is 8. The molecule has 0 radical (unpaired) electrons. The zero-order chi connectivity index (χ0) is 36.1. The summed E-state index contributed by atoms with van der Waals surface area (Å²) < 4.78 is 0. The molecule has 9 rings (SSSR count). The van der Waals surface area contributed by atoms with Gasteiger partial charge in [0, 0.05) is 16.7 Å². The molecule has 0 bridgehead atoms. The smallest absolute Gasteiger partial charge is 0.164 e. The first-order valence-electron chi connectivity index (χ1n) is 18.2. The van der Waals surface area contributed by atoms with Gasteiger partial charge in [-0.15, -0.1) is 0 Å². The van der Waals surface area contributed by atoms with Crippen LogP contribution < -0.4 is 0 Å². The Morgan fingerprint density at radius 3 is 0.981 bits per heavy atom. The van der Waals surface area contributed by atoms with E-state index in [4.69, 9.17) is 15.0 Å². The van der Waals surface area contributed by atoms with Crippen LogP contribution in [-0.4, -0.2) is 15.0 Å². The van der Waals surface area contributed by atoms with Crippen molar-refractivity contribution in [3.63, 3.8) is 0 Å². The Bertz CT molecular complexity index is 2610. The second-order valence-electron chi connectivity index (χ2n) is 13.2. The Morgan fingerprint density at radius 2 is 0.556 bits per heavy atom. The predicted octanol–water partition coefficient (Wildman–Crippen LogP) is 12.7. The van der Waals surface area contributed by atoms with Crippen LogP contribution in [0.4, 0.5) is 0 Å². The first-order valence-corrected chi connectivity index (χ1v) is 18.2. The zero-order valence-electron chi connectivity index (χ0n) is 29.5. The van der Waals surface area contributed by atoms with Crippen molar-refractivity contribution >= 4 is 21.9 Å². The number of hydrogen-bond acceptors (Lipinski definition) is 3. The molecule has 0 amide bonds. The highest BCUT2D eigenvalue weighted by molar-refractivity contribution is 6.04. The molecule has 3 nitrogen and oxygen atoms in total. The lowest BCUT2D eigenvalue weighted by molar-refractivity contribution is 1.07. The van der Waals surface area contributed by atoms with E-state index in [1.807, 2.05) is 60.7 Å². The van der Waals surface area contributed by atoms with E-state index in [9.17, 15) is 0 Å². The first-order chi connectivity index (χ1) is 26.8. The number of rotatable bonds is 8. The van der Waals surface area contributed by atoms with Crippen LogP contribution in [0.1, 0.15) is 22.3 Å². The highest BCUT2D eigenvalue weighted by Crippen LogP contribution is 2.38. The molecular formula is C51H35N3. The van der Waals surface area contributed by atoms with E-state index in [2.05, 4.69) is 152 Å². The molecule has 8 aromatic carbocycles. The van der Waals surface area contributed by atoms with E-state index in [1.54, 1.807) is 0 Å². The van der Waals surface area contributed by atoms with Crippen LogP contribution >= 0.6 is 0 Å². The van der Waals surface area contributed by atoms with Crippen molar-refractivity contribution in [2.45, 2.75) is 0 Å². The van der Waals surface area contributed by atoms with Gasteiger partial charge in [0.05, 0.1) is 0 Å². The molecule has 3 heteroatoms. The van der Waals surface area contributed by atoms with E-state index in [1.165, 1.54) is 33.4 Å². The minimum atomic E-state index is 0.650. The SMILES string of the molecule is c1ccc(C(=C(c2ccccc2)c2ccc(-c3ccc4cc(-c5nc(-c6ccccc6)nc(-c6ccccc6)n5)ccc4c3)cc2)c2ccccc2)cc1. The minimum absolute atomic E-state index is 0.650. The van der Waals surface area contributed by atoms with Crippen molar-refractivity contribution in [1.29, 1.82) is 0 Å². The molecule has 0 unspecified atom stereocenters. The molecule has 1 aromatic heterocycles. The quantitative estimate of drug-likeness (QED) is 0.149. The second kappa shape index (κ2) is 14.8. The molecule has 0 fully saturated rings. The summed E-state index contributed by atoms with van der Waals surface area (Å²) in [7, 11) is 0. The van der Waals surface area contributed by atoms with Crippen LogP contribution in [-0.2, 0) is 0 Å². The van der Waals surface area contributed by atoms with Crippen molar-refractivity contribution < 1.29 is 0 Å². The highest BCUT2D eigenvalue weighted by Gasteiger charge is 2.17. The summed E-state index contributed by atoms with van der Waals surface area (Å²) in [5.41, 5.74) is 12.3. The molecule has 0 saturated heterocycles. The van der Waals surface area contributed by atoms with E-state index in [0.29, 0.717) is 17.5 Å². The molecule has 0 saturated carbocycles. The molecule has 0 spiro atoms. The Labute approximate surface area is 315 Å². The monoisotopic (exact) mass is 689 g/mol. The molecule has 0 N–H and O–H groups in total. The lowest BCUT2D eigenvalue weighted by Gasteiger charge is -2.18. The average Bonchev–Trinajstić information content (AvgIpc) is 3.26. The number of fused-ring (bicyclic) bond motifs is 1. The van der Waals surface area contributed by atoms with Crippen LogP contribution in [0.2, 0.25) is 0 Å². The van der Waals surface area contributed by atoms with E-state index in [-0.39, 0.29) is 0 Å².